The standard InChI is InChI=1S/C13H18N2O2/c14-10-6-2-1-5-9(10)13(17)15-11-7-3-4-8-12(11)16/h1-2,5-6,11-12,16H,3-4,7-8,14H2,(H,15,17)/t11-,12-/m0/s1. The van der Waals surface area contributed by atoms with E-state index in [2.05, 4.69) is 5.32 Å². The van der Waals surface area contributed by atoms with E-state index in [4.69, 9.17) is 5.73 Å². The first-order valence-electron chi connectivity index (χ1n) is 6.02. The van der Waals surface area contributed by atoms with Crippen LogP contribution in [0.25, 0.3) is 0 Å². The topological polar surface area (TPSA) is 75.4 Å². The van der Waals surface area contributed by atoms with Gasteiger partial charge >= 0.3 is 0 Å². The number of nitrogens with one attached hydrogen (secondary N) is 1. The molecule has 0 aromatic heterocycles. The molecule has 1 aliphatic rings. The van der Waals surface area contributed by atoms with Gasteiger partial charge in [0.05, 0.1) is 17.7 Å². The normalized spacial score (nSPS) is 24.3. The molecule has 1 aromatic carbocycles. The Balaban J connectivity index is 2.04. The van der Waals surface area contributed by atoms with Crippen LogP contribution < -0.4 is 11.1 Å². The van der Waals surface area contributed by atoms with Crippen LogP contribution in [0.1, 0.15) is 36.0 Å². The summed E-state index contributed by atoms with van der Waals surface area (Å²) in [5, 5.41) is 12.6. The van der Waals surface area contributed by atoms with Crippen molar-refractivity contribution in [3.8, 4) is 0 Å². The Morgan fingerprint density at radius 3 is 2.71 bits per heavy atom. The van der Waals surface area contributed by atoms with Gasteiger partial charge in [-0.05, 0) is 25.0 Å². The highest BCUT2D eigenvalue weighted by molar-refractivity contribution is 5.99. The molecule has 0 heterocycles. The van der Waals surface area contributed by atoms with Crippen molar-refractivity contribution >= 4 is 11.6 Å². The van der Waals surface area contributed by atoms with E-state index in [-0.39, 0.29) is 11.9 Å². The Morgan fingerprint density at radius 2 is 2.00 bits per heavy atom. The number of hydrogen-bond acceptors (Lipinski definition) is 3. The number of hydrogen-bond donors (Lipinski definition) is 3. The van der Waals surface area contributed by atoms with Gasteiger partial charge in [0.25, 0.3) is 5.91 Å². The summed E-state index contributed by atoms with van der Waals surface area (Å²) < 4.78 is 0. The molecule has 1 aliphatic carbocycles. The molecule has 0 bridgehead atoms. The zero-order chi connectivity index (χ0) is 12.3. The fraction of sp³-hybridized carbons (Fsp3) is 0.462. The molecule has 1 fully saturated rings. The Bertz CT molecular complexity index is 406. The lowest BCUT2D eigenvalue weighted by molar-refractivity contribution is 0.0718. The van der Waals surface area contributed by atoms with E-state index in [1.165, 1.54) is 0 Å². The molecule has 4 nitrogen and oxygen atoms in total. The maximum Gasteiger partial charge on any atom is 0.253 e. The summed E-state index contributed by atoms with van der Waals surface area (Å²) in [5.41, 5.74) is 6.68. The van der Waals surface area contributed by atoms with Gasteiger partial charge in [-0.2, -0.15) is 0 Å². The number of carbonyl (C=O) groups is 1. The first kappa shape index (κ1) is 11.9. The minimum absolute atomic E-state index is 0.143. The molecule has 1 aromatic rings. The van der Waals surface area contributed by atoms with Crippen LogP contribution in [0.15, 0.2) is 24.3 Å². The lowest BCUT2D eigenvalue weighted by atomic mass is 9.92. The van der Waals surface area contributed by atoms with Gasteiger partial charge in [0, 0.05) is 5.69 Å². The summed E-state index contributed by atoms with van der Waals surface area (Å²) in [7, 11) is 0. The van der Waals surface area contributed by atoms with Gasteiger partial charge < -0.3 is 16.2 Å². The van der Waals surface area contributed by atoms with Gasteiger partial charge in [0.1, 0.15) is 0 Å². The van der Waals surface area contributed by atoms with E-state index in [9.17, 15) is 9.90 Å². The van der Waals surface area contributed by atoms with Gasteiger partial charge in [-0.15, -0.1) is 0 Å². The second-order valence-electron chi connectivity index (χ2n) is 4.52. The van der Waals surface area contributed by atoms with Crippen molar-refractivity contribution in [1.82, 2.24) is 5.32 Å². The number of benzene rings is 1. The quantitative estimate of drug-likeness (QED) is 0.675. The molecular formula is C13H18N2O2. The molecule has 92 valence electrons. The molecule has 0 unspecified atom stereocenters. The minimum atomic E-state index is -0.433. The molecule has 0 saturated heterocycles. The molecular weight excluding hydrogens is 216 g/mol. The summed E-state index contributed by atoms with van der Waals surface area (Å²) in [6.07, 6.45) is 3.24. The predicted molar refractivity (Wildman–Crippen MR) is 66.6 cm³/mol. The summed E-state index contributed by atoms with van der Waals surface area (Å²) in [5.74, 6) is -0.200. The van der Waals surface area contributed by atoms with Gasteiger partial charge in [0.2, 0.25) is 0 Å². The molecule has 1 saturated carbocycles. The molecule has 0 aliphatic heterocycles. The smallest absolute Gasteiger partial charge is 0.253 e. The van der Waals surface area contributed by atoms with Crippen LogP contribution in [0.5, 0.6) is 0 Å². The Hall–Kier alpha value is -1.55. The van der Waals surface area contributed by atoms with Crippen LogP contribution in [0, 0.1) is 0 Å². The van der Waals surface area contributed by atoms with E-state index < -0.39 is 6.10 Å². The number of para-hydroxylation sites is 1. The Kier molecular flexibility index (Phi) is 3.64. The summed E-state index contributed by atoms with van der Waals surface area (Å²) in [6.45, 7) is 0. The van der Waals surface area contributed by atoms with Crippen molar-refractivity contribution in [2.75, 3.05) is 5.73 Å². The predicted octanol–water partition coefficient (Wildman–Crippen LogP) is 1.30. The largest absolute Gasteiger partial charge is 0.398 e. The van der Waals surface area contributed by atoms with Crippen LogP contribution >= 0.6 is 0 Å². The zero-order valence-electron chi connectivity index (χ0n) is 9.73. The second kappa shape index (κ2) is 5.19. The highest BCUT2D eigenvalue weighted by atomic mass is 16.3. The van der Waals surface area contributed by atoms with Gasteiger partial charge in [0.15, 0.2) is 0 Å². The maximum absolute atomic E-state index is 12.0. The van der Waals surface area contributed by atoms with Crippen molar-refractivity contribution in [3.63, 3.8) is 0 Å². The first-order valence-corrected chi connectivity index (χ1v) is 6.02. The Morgan fingerprint density at radius 1 is 1.29 bits per heavy atom. The molecule has 4 heteroatoms. The van der Waals surface area contributed by atoms with Crippen molar-refractivity contribution in [2.45, 2.75) is 37.8 Å². The first-order chi connectivity index (χ1) is 8.18. The molecule has 1 amide bonds. The zero-order valence-corrected chi connectivity index (χ0v) is 9.73. The van der Waals surface area contributed by atoms with E-state index in [0.717, 1.165) is 25.7 Å². The third-order valence-electron chi connectivity index (χ3n) is 3.25. The van der Waals surface area contributed by atoms with Crippen LogP contribution in [-0.4, -0.2) is 23.2 Å². The van der Waals surface area contributed by atoms with Crippen LogP contribution in [0.3, 0.4) is 0 Å². The van der Waals surface area contributed by atoms with E-state index in [1.807, 2.05) is 0 Å². The molecule has 0 spiro atoms. The molecule has 2 rings (SSSR count). The van der Waals surface area contributed by atoms with Gasteiger partial charge in [-0.25, -0.2) is 0 Å². The third kappa shape index (κ3) is 2.77. The fourth-order valence-electron chi connectivity index (χ4n) is 2.23. The average molecular weight is 234 g/mol. The van der Waals surface area contributed by atoms with E-state index >= 15 is 0 Å². The maximum atomic E-state index is 12.0. The van der Waals surface area contributed by atoms with Gasteiger partial charge in [-0.3, -0.25) is 4.79 Å². The van der Waals surface area contributed by atoms with Crippen LogP contribution in [-0.2, 0) is 0 Å². The van der Waals surface area contributed by atoms with E-state index in [1.54, 1.807) is 24.3 Å². The van der Waals surface area contributed by atoms with Crippen LogP contribution in [0.2, 0.25) is 0 Å². The Labute approximate surface area is 101 Å². The van der Waals surface area contributed by atoms with Crippen molar-refractivity contribution in [3.05, 3.63) is 29.8 Å². The number of aliphatic hydroxyl groups excluding tert-OH is 1. The highest BCUT2D eigenvalue weighted by Crippen LogP contribution is 2.19. The monoisotopic (exact) mass is 234 g/mol. The SMILES string of the molecule is Nc1ccccc1C(=O)N[C@H]1CCCC[C@@H]1O. The third-order valence-corrected chi connectivity index (χ3v) is 3.25. The number of nitrogen functional groups attached to an aromatic ring is 1. The van der Waals surface area contributed by atoms with Crippen molar-refractivity contribution < 1.29 is 9.90 Å². The van der Waals surface area contributed by atoms with Gasteiger partial charge in [-0.1, -0.05) is 25.0 Å². The lowest BCUT2D eigenvalue weighted by Crippen LogP contribution is -2.45. The highest BCUT2D eigenvalue weighted by Gasteiger charge is 2.25. The number of rotatable bonds is 2. The average Bonchev–Trinajstić information content (AvgIpc) is 2.32. The molecule has 17 heavy (non-hydrogen) atoms. The molecule has 2 atom stereocenters. The number of anilines is 1. The number of nitrogens with two attached hydrogens (primary N) is 1. The van der Waals surface area contributed by atoms with Crippen molar-refractivity contribution in [2.24, 2.45) is 0 Å². The van der Waals surface area contributed by atoms with Crippen LogP contribution in [0.4, 0.5) is 5.69 Å². The van der Waals surface area contributed by atoms with Crippen molar-refractivity contribution in [1.29, 1.82) is 0 Å². The number of aliphatic hydroxyl groups is 1. The summed E-state index contributed by atoms with van der Waals surface area (Å²) >= 11 is 0. The lowest BCUT2D eigenvalue weighted by Gasteiger charge is -2.28. The fourth-order valence-corrected chi connectivity index (χ4v) is 2.23. The number of amides is 1. The minimum Gasteiger partial charge on any atom is -0.398 e. The molecule has 0 radical (unpaired) electrons. The summed E-state index contributed by atoms with van der Waals surface area (Å²) in [6, 6.07) is 6.83. The summed E-state index contributed by atoms with van der Waals surface area (Å²) in [4.78, 5) is 12.0. The van der Waals surface area contributed by atoms with E-state index in [0.29, 0.717) is 11.3 Å². The molecule has 4 N–H and O–H groups in total. The second-order valence-corrected chi connectivity index (χ2v) is 4.52. The number of carbonyl (C=O) groups excluding carboxylic acids is 1.